The van der Waals surface area contributed by atoms with Crippen molar-refractivity contribution in [2.75, 3.05) is 6.61 Å². The maximum Gasteiger partial charge on any atom is 0.119 e. The Morgan fingerprint density at radius 2 is 2.00 bits per heavy atom. The van der Waals surface area contributed by atoms with Crippen molar-refractivity contribution in [3.8, 4) is 5.75 Å². The zero-order valence-corrected chi connectivity index (χ0v) is 13.2. The largest absolute Gasteiger partial charge is 0.492 e. The van der Waals surface area contributed by atoms with Crippen LogP contribution < -0.4 is 4.74 Å². The van der Waals surface area contributed by atoms with Gasteiger partial charge in [-0.05, 0) is 42.3 Å². The molecule has 0 fully saturated rings. The molecule has 1 aromatic heterocycles. The summed E-state index contributed by atoms with van der Waals surface area (Å²) in [7, 11) is 0. The molecular weight excluding hydrogens is 318 g/mol. The molecule has 20 heavy (non-hydrogen) atoms. The number of rotatable bonds is 7. The fraction of sp³-hybridized carbons (Fsp3) is 0.375. The Hall–Kier alpha value is -1.26. The molecule has 2 aromatic rings. The smallest absolute Gasteiger partial charge is 0.119 e. The lowest BCUT2D eigenvalue weighted by Crippen LogP contribution is -2.06. The van der Waals surface area contributed by atoms with Crippen LogP contribution in [-0.4, -0.2) is 16.3 Å². The summed E-state index contributed by atoms with van der Waals surface area (Å²) in [5.74, 6) is 0.867. The number of hydrogen-bond donors (Lipinski definition) is 1. The quantitative estimate of drug-likeness (QED) is 0.822. The third-order valence-electron chi connectivity index (χ3n) is 3.15. The lowest BCUT2D eigenvalue weighted by Gasteiger charge is -2.08. The number of hydrogen-bond acceptors (Lipinski definition) is 2. The molecule has 0 spiro atoms. The number of halogens is 1. The standard InChI is InChI=1S/C16H20BrNO2/c1-2-3-16(19)13-8-9-18(12-13)10-11-20-15-6-4-14(17)5-7-15/h4-9,12,16,19H,2-3,10-11H2,1H3. The van der Waals surface area contributed by atoms with Crippen LogP contribution in [0.15, 0.2) is 47.2 Å². The van der Waals surface area contributed by atoms with Crippen molar-refractivity contribution in [1.29, 1.82) is 0 Å². The van der Waals surface area contributed by atoms with Crippen LogP contribution in [0, 0.1) is 0 Å². The molecule has 0 radical (unpaired) electrons. The maximum atomic E-state index is 9.91. The first-order chi connectivity index (χ1) is 9.69. The van der Waals surface area contributed by atoms with Gasteiger partial charge in [0.15, 0.2) is 0 Å². The molecule has 1 heterocycles. The van der Waals surface area contributed by atoms with Crippen LogP contribution in [0.2, 0.25) is 0 Å². The summed E-state index contributed by atoms with van der Waals surface area (Å²) in [4.78, 5) is 0. The molecule has 0 bridgehead atoms. The summed E-state index contributed by atoms with van der Waals surface area (Å²) >= 11 is 3.40. The molecule has 0 saturated carbocycles. The minimum Gasteiger partial charge on any atom is -0.492 e. The lowest BCUT2D eigenvalue weighted by atomic mass is 10.1. The molecule has 0 aliphatic carbocycles. The van der Waals surface area contributed by atoms with E-state index in [1.54, 1.807) is 0 Å². The summed E-state index contributed by atoms with van der Waals surface area (Å²) in [6, 6.07) is 9.78. The lowest BCUT2D eigenvalue weighted by molar-refractivity contribution is 0.166. The van der Waals surface area contributed by atoms with E-state index in [1.165, 1.54) is 0 Å². The number of aliphatic hydroxyl groups excluding tert-OH is 1. The Kier molecular flexibility index (Phi) is 5.68. The van der Waals surface area contributed by atoms with E-state index in [0.717, 1.165) is 35.2 Å². The zero-order valence-electron chi connectivity index (χ0n) is 11.6. The predicted octanol–water partition coefficient (Wildman–Crippen LogP) is 4.16. The van der Waals surface area contributed by atoms with Gasteiger partial charge in [0.2, 0.25) is 0 Å². The maximum absolute atomic E-state index is 9.91. The van der Waals surface area contributed by atoms with Crippen LogP contribution in [0.4, 0.5) is 0 Å². The van der Waals surface area contributed by atoms with Crippen LogP contribution in [0.1, 0.15) is 31.4 Å². The van der Waals surface area contributed by atoms with E-state index in [1.807, 2.05) is 47.3 Å². The minimum absolute atomic E-state index is 0.353. The second-order valence-corrected chi connectivity index (χ2v) is 5.71. The molecule has 1 N–H and O–H groups in total. The van der Waals surface area contributed by atoms with Gasteiger partial charge in [0, 0.05) is 16.9 Å². The molecule has 1 atom stereocenters. The first-order valence-electron chi connectivity index (χ1n) is 6.91. The van der Waals surface area contributed by atoms with Gasteiger partial charge >= 0.3 is 0 Å². The average Bonchev–Trinajstić information content (AvgIpc) is 2.90. The van der Waals surface area contributed by atoms with Crippen molar-refractivity contribution in [2.45, 2.75) is 32.4 Å². The van der Waals surface area contributed by atoms with Crippen molar-refractivity contribution in [3.05, 3.63) is 52.8 Å². The molecular formula is C16H20BrNO2. The van der Waals surface area contributed by atoms with Gasteiger partial charge in [0.1, 0.15) is 12.4 Å². The van der Waals surface area contributed by atoms with E-state index >= 15 is 0 Å². The highest BCUT2D eigenvalue weighted by Crippen LogP contribution is 2.19. The molecule has 2 rings (SSSR count). The van der Waals surface area contributed by atoms with Crippen LogP contribution in [0.25, 0.3) is 0 Å². The third kappa shape index (κ3) is 4.39. The minimum atomic E-state index is -0.353. The van der Waals surface area contributed by atoms with Gasteiger partial charge in [0.25, 0.3) is 0 Å². The van der Waals surface area contributed by atoms with E-state index in [-0.39, 0.29) is 6.10 Å². The summed E-state index contributed by atoms with van der Waals surface area (Å²) in [5.41, 5.74) is 0.982. The molecule has 1 unspecified atom stereocenters. The van der Waals surface area contributed by atoms with Crippen LogP contribution in [-0.2, 0) is 6.54 Å². The van der Waals surface area contributed by atoms with E-state index < -0.39 is 0 Å². The number of ether oxygens (including phenoxy) is 1. The van der Waals surface area contributed by atoms with Crippen LogP contribution in [0.3, 0.4) is 0 Å². The molecule has 1 aromatic carbocycles. The molecule has 0 aliphatic heterocycles. The van der Waals surface area contributed by atoms with Crippen molar-refractivity contribution < 1.29 is 9.84 Å². The Morgan fingerprint density at radius 1 is 1.25 bits per heavy atom. The summed E-state index contributed by atoms with van der Waals surface area (Å²) in [6.07, 6.45) is 5.41. The number of aliphatic hydroxyl groups is 1. The molecule has 108 valence electrons. The second-order valence-electron chi connectivity index (χ2n) is 4.79. The molecule has 0 aliphatic rings. The first-order valence-corrected chi connectivity index (χ1v) is 7.70. The van der Waals surface area contributed by atoms with Gasteiger partial charge in [-0.2, -0.15) is 0 Å². The van der Waals surface area contributed by atoms with Crippen molar-refractivity contribution in [1.82, 2.24) is 4.57 Å². The Bertz CT molecular complexity index is 522. The fourth-order valence-corrected chi connectivity index (χ4v) is 2.30. The number of benzene rings is 1. The van der Waals surface area contributed by atoms with Gasteiger partial charge in [0.05, 0.1) is 12.6 Å². The van der Waals surface area contributed by atoms with Gasteiger partial charge in [-0.15, -0.1) is 0 Å². The first kappa shape index (κ1) is 15.1. The molecule has 3 nitrogen and oxygen atoms in total. The number of aromatic nitrogens is 1. The SMILES string of the molecule is CCCC(O)c1ccn(CCOc2ccc(Br)cc2)c1. The topological polar surface area (TPSA) is 34.4 Å². The summed E-state index contributed by atoms with van der Waals surface area (Å²) < 4.78 is 8.77. The zero-order chi connectivity index (χ0) is 14.4. The van der Waals surface area contributed by atoms with E-state index in [4.69, 9.17) is 4.74 Å². The molecule has 0 saturated heterocycles. The van der Waals surface area contributed by atoms with Crippen LogP contribution >= 0.6 is 15.9 Å². The fourth-order valence-electron chi connectivity index (χ4n) is 2.04. The van der Waals surface area contributed by atoms with Crippen molar-refractivity contribution >= 4 is 15.9 Å². The molecule has 0 amide bonds. The Morgan fingerprint density at radius 3 is 2.70 bits per heavy atom. The van der Waals surface area contributed by atoms with E-state index in [2.05, 4.69) is 22.9 Å². The van der Waals surface area contributed by atoms with E-state index in [9.17, 15) is 5.11 Å². The average molecular weight is 338 g/mol. The van der Waals surface area contributed by atoms with Gasteiger partial charge < -0.3 is 14.4 Å². The van der Waals surface area contributed by atoms with Crippen molar-refractivity contribution in [2.24, 2.45) is 0 Å². The normalized spacial score (nSPS) is 12.3. The monoisotopic (exact) mass is 337 g/mol. The van der Waals surface area contributed by atoms with Gasteiger partial charge in [-0.3, -0.25) is 0 Å². The Labute approximate surface area is 128 Å². The highest BCUT2D eigenvalue weighted by atomic mass is 79.9. The summed E-state index contributed by atoms with van der Waals surface area (Å²) in [5, 5.41) is 9.91. The number of nitrogens with zero attached hydrogens (tertiary/aromatic N) is 1. The third-order valence-corrected chi connectivity index (χ3v) is 3.68. The van der Waals surface area contributed by atoms with Gasteiger partial charge in [-0.1, -0.05) is 29.3 Å². The van der Waals surface area contributed by atoms with E-state index in [0.29, 0.717) is 6.61 Å². The van der Waals surface area contributed by atoms with Gasteiger partial charge in [-0.25, -0.2) is 0 Å². The summed E-state index contributed by atoms with van der Waals surface area (Å²) in [6.45, 7) is 3.46. The van der Waals surface area contributed by atoms with Crippen molar-refractivity contribution in [3.63, 3.8) is 0 Å². The highest BCUT2D eigenvalue weighted by Gasteiger charge is 2.07. The second kappa shape index (κ2) is 7.50. The highest BCUT2D eigenvalue weighted by molar-refractivity contribution is 9.10. The predicted molar refractivity (Wildman–Crippen MR) is 83.9 cm³/mol. The van der Waals surface area contributed by atoms with Crippen LogP contribution in [0.5, 0.6) is 5.75 Å². The Balaban J connectivity index is 1.81. The molecule has 4 heteroatoms.